The molecule has 5 heteroatoms. The van der Waals surface area contributed by atoms with Crippen LogP contribution in [0.25, 0.3) is 55.9 Å². The fourth-order valence-corrected chi connectivity index (χ4v) is 4.31. The topological polar surface area (TPSA) is 63.0 Å². The van der Waals surface area contributed by atoms with Crippen molar-refractivity contribution in [3.05, 3.63) is 121 Å². The van der Waals surface area contributed by atoms with Gasteiger partial charge in [0.2, 0.25) is 5.52 Å². The predicted octanol–water partition coefficient (Wildman–Crippen LogP) is 3.19. The number of aromatic amines is 1. The second-order valence-electron chi connectivity index (χ2n) is 8.35. The molecule has 4 nitrogen and oxygen atoms in total. The summed E-state index contributed by atoms with van der Waals surface area (Å²) in [5.41, 5.74) is 6.68. The average Bonchev–Trinajstić information content (AvgIpc) is 2.94. The largest absolute Gasteiger partial charge is 1.00 e. The summed E-state index contributed by atoms with van der Waals surface area (Å²) < 4.78 is 0. The van der Waals surface area contributed by atoms with E-state index in [-0.39, 0.29) is 24.6 Å². The molecule has 0 spiro atoms. The summed E-state index contributed by atoms with van der Waals surface area (Å²) in [6.45, 7) is 0. The summed E-state index contributed by atoms with van der Waals surface area (Å²) in [4.78, 5) is 12.9. The van der Waals surface area contributed by atoms with Gasteiger partial charge in [0.05, 0.1) is 11.4 Å². The molecule has 0 unspecified atom stereocenters. The summed E-state index contributed by atoms with van der Waals surface area (Å²) in [5.74, 6) is 0.648. The summed E-state index contributed by atoms with van der Waals surface area (Å²) in [6, 6.07) is 37.8. The Bertz CT molecular complexity index is 1600. The zero-order chi connectivity index (χ0) is 23.6. The van der Waals surface area contributed by atoms with Crippen molar-refractivity contribution in [1.82, 2.24) is 9.97 Å². The Balaban J connectivity index is 0.00000267. The molecule has 166 valence electrons. The van der Waals surface area contributed by atoms with Crippen molar-refractivity contribution in [3.63, 3.8) is 0 Å². The molecule has 6 rings (SSSR count). The van der Waals surface area contributed by atoms with Crippen molar-refractivity contribution in [3.8, 4) is 50.8 Å². The molecule has 36 heavy (non-hydrogen) atoms. The van der Waals surface area contributed by atoms with E-state index in [9.17, 15) is 5.11 Å². The van der Waals surface area contributed by atoms with E-state index in [2.05, 4.69) is 4.98 Å². The molecule has 0 saturated heterocycles. The maximum absolute atomic E-state index is 13.2. The maximum Gasteiger partial charge on any atom is 1.00 e. The minimum absolute atomic E-state index is 0. The third-order valence-corrected chi connectivity index (χ3v) is 6.09. The van der Waals surface area contributed by atoms with Crippen LogP contribution in [0.2, 0.25) is 0 Å². The van der Waals surface area contributed by atoms with Crippen LogP contribution in [0.5, 0.6) is 5.75 Å². The molecular weight excluding hydrogens is 437 g/mol. The molecule has 0 aliphatic rings. The van der Waals surface area contributed by atoms with Gasteiger partial charge in [-0.2, -0.15) is 0 Å². The van der Waals surface area contributed by atoms with Gasteiger partial charge in [-0.05, 0) is 41.1 Å². The van der Waals surface area contributed by atoms with Crippen LogP contribution in [0.1, 0.15) is 0 Å². The van der Waals surface area contributed by atoms with Gasteiger partial charge in [-0.25, -0.2) is 15.0 Å². The minimum Gasteiger partial charge on any atom is -0.868 e. The first kappa shape index (κ1) is 23.5. The maximum atomic E-state index is 13.2. The van der Waals surface area contributed by atoms with E-state index in [1.54, 1.807) is 6.20 Å². The van der Waals surface area contributed by atoms with Crippen molar-refractivity contribution < 1.29 is 29.0 Å². The molecular formula is C31H21LiN3O+. The molecule has 2 heterocycles. The molecule has 0 aliphatic heterocycles. The Hall–Kier alpha value is -4.23. The Kier molecular flexibility index (Phi) is 6.64. The molecule has 0 fully saturated rings. The molecule has 4 aromatic carbocycles. The molecule has 0 atom stereocenters. The minimum atomic E-state index is -0.0158. The normalized spacial score (nSPS) is 10.7. The molecule has 1 N–H and O–H groups in total. The summed E-state index contributed by atoms with van der Waals surface area (Å²) in [6.07, 6.45) is 1.78. The van der Waals surface area contributed by atoms with Gasteiger partial charge in [-0.3, -0.25) is 0 Å². The van der Waals surface area contributed by atoms with Crippen molar-refractivity contribution in [2.45, 2.75) is 0 Å². The summed E-state index contributed by atoms with van der Waals surface area (Å²) >= 11 is 0. The average molecular weight is 458 g/mol. The fraction of sp³-hybridized carbons (Fsp3) is 0. The van der Waals surface area contributed by atoms with E-state index in [1.807, 2.05) is 115 Å². The van der Waals surface area contributed by atoms with Crippen LogP contribution >= 0.6 is 0 Å². The molecule has 0 radical (unpaired) electrons. The third kappa shape index (κ3) is 4.53. The van der Waals surface area contributed by atoms with E-state index in [0.29, 0.717) is 16.9 Å². The van der Waals surface area contributed by atoms with Gasteiger partial charge in [-0.15, -0.1) is 0 Å². The number of nitrogens with zero attached hydrogens (tertiary/aromatic N) is 2. The van der Waals surface area contributed by atoms with Gasteiger partial charge in [0.1, 0.15) is 0 Å². The first-order valence-electron chi connectivity index (χ1n) is 11.5. The first-order valence-corrected chi connectivity index (χ1v) is 11.5. The number of fused-ring (bicyclic) bond motifs is 1. The standard InChI is InChI=1S/C31H21N3O.Li/c35-30-26(17-16-22-15-8-18-32-29(22)30)24-13-7-14-25(19-24)28-20-27(21-9-3-1-4-10-21)33-31(34-28)23-11-5-2-6-12-23;/h1-20,35H;/q;+1. The quantitative estimate of drug-likeness (QED) is 0.381. The van der Waals surface area contributed by atoms with Crippen molar-refractivity contribution in [2.24, 2.45) is 0 Å². The Morgan fingerprint density at radius 1 is 0.556 bits per heavy atom. The van der Waals surface area contributed by atoms with E-state index >= 15 is 0 Å². The molecule has 0 bridgehead atoms. The zero-order valence-corrected chi connectivity index (χ0v) is 19.8. The molecule has 6 aromatic rings. The van der Waals surface area contributed by atoms with Crippen molar-refractivity contribution in [2.75, 3.05) is 0 Å². The molecule has 2 aromatic heterocycles. The Morgan fingerprint density at radius 2 is 1.19 bits per heavy atom. The van der Waals surface area contributed by atoms with Crippen LogP contribution in [0.4, 0.5) is 0 Å². The molecule has 0 saturated carbocycles. The second kappa shape index (κ2) is 10.2. The van der Waals surface area contributed by atoms with E-state index in [0.717, 1.165) is 39.0 Å². The number of nitrogens with one attached hydrogen (secondary N) is 1. The van der Waals surface area contributed by atoms with Crippen LogP contribution in [0.15, 0.2) is 121 Å². The molecule has 0 amide bonds. The summed E-state index contributed by atoms with van der Waals surface area (Å²) in [5, 5.41) is 14.1. The Morgan fingerprint density at radius 3 is 1.94 bits per heavy atom. The number of pyridine rings is 1. The van der Waals surface area contributed by atoms with Crippen molar-refractivity contribution in [1.29, 1.82) is 0 Å². The van der Waals surface area contributed by atoms with Crippen molar-refractivity contribution >= 4 is 10.9 Å². The second-order valence-corrected chi connectivity index (χ2v) is 8.35. The predicted molar refractivity (Wildman–Crippen MR) is 137 cm³/mol. The number of hydrogen-bond acceptors (Lipinski definition) is 3. The van der Waals surface area contributed by atoms with Gasteiger partial charge >= 0.3 is 18.9 Å². The monoisotopic (exact) mass is 458 g/mol. The van der Waals surface area contributed by atoms with Crippen LogP contribution in [0.3, 0.4) is 0 Å². The number of rotatable bonds is 4. The van der Waals surface area contributed by atoms with Crippen LogP contribution < -0.4 is 29.0 Å². The Labute approximate surface area is 221 Å². The summed E-state index contributed by atoms with van der Waals surface area (Å²) in [7, 11) is 0. The number of benzene rings is 4. The number of H-pyrrole nitrogens is 1. The van der Waals surface area contributed by atoms with Gasteiger partial charge in [0, 0.05) is 28.1 Å². The SMILES string of the molecule is [Li+].[O-]c1c(-c2cccc(-c3cc(-c4ccccc4)nc(-c4ccccc4)n3)c2)ccc2ccc[nH+]c12. The smallest absolute Gasteiger partial charge is 0.868 e. The van der Waals surface area contributed by atoms with Gasteiger partial charge in [0.25, 0.3) is 0 Å². The fourth-order valence-electron chi connectivity index (χ4n) is 4.31. The van der Waals surface area contributed by atoms with Crippen LogP contribution in [-0.2, 0) is 0 Å². The van der Waals surface area contributed by atoms with Crippen LogP contribution in [0, 0.1) is 0 Å². The van der Waals surface area contributed by atoms with Gasteiger partial charge in [0.15, 0.2) is 12.0 Å². The van der Waals surface area contributed by atoms with E-state index < -0.39 is 0 Å². The third-order valence-electron chi connectivity index (χ3n) is 6.09. The van der Waals surface area contributed by atoms with Crippen LogP contribution in [-0.4, -0.2) is 9.97 Å². The van der Waals surface area contributed by atoms with E-state index in [4.69, 9.17) is 9.97 Å². The number of aromatic nitrogens is 3. The first-order chi connectivity index (χ1) is 17.3. The van der Waals surface area contributed by atoms with E-state index in [1.165, 1.54) is 0 Å². The van der Waals surface area contributed by atoms with Gasteiger partial charge in [-0.1, -0.05) is 84.9 Å². The molecule has 0 aliphatic carbocycles. The zero-order valence-electron chi connectivity index (χ0n) is 19.8. The van der Waals surface area contributed by atoms with Gasteiger partial charge < -0.3 is 5.11 Å². The number of hydrogen-bond donors (Lipinski definition) is 0.